The lowest BCUT2D eigenvalue weighted by Gasteiger charge is -2.26. The van der Waals surface area contributed by atoms with Crippen LogP contribution in [0.2, 0.25) is 0 Å². The van der Waals surface area contributed by atoms with Crippen LogP contribution < -0.4 is 10.1 Å². The van der Waals surface area contributed by atoms with Gasteiger partial charge < -0.3 is 14.8 Å². The Balaban J connectivity index is 1.39. The number of rotatable bonds is 5. The molecule has 0 aromatic heterocycles. The highest BCUT2D eigenvalue weighted by Gasteiger charge is 2.14. The molecule has 1 saturated heterocycles. The minimum atomic E-state index is -0.0235. The summed E-state index contributed by atoms with van der Waals surface area (Å²) in [5, 5.41) is 3.03. The first-order valence-electron chi connectivity index (χ1n) is 9.24. The number of amides is 1. The summed E-state index contributed by atoms with van der Waals surface area (Å²) in [6, 6.07) is 14.0. The molecule has 0 radical (unpaired) electrons. The van der Waals surface area contributed by atoms with E-state index in [1.165, 1.54) is 5.56 Å². The first-order chi connectivity index (χ1) is 12.8. The smallest absolute Gasteiger partial charge is 0.251 e. The molecule has 0 spiro atoms. The number of nitrogens with one attached hydrogen (secondary N) is 1. The van der Waals surface area contributed by atoms with Crippen molar-refractivity contribution in [1.82, 2.24) is 10.2 Å². The molecule has 2 aliphatic rings. The van der Waals surface area contributed by atoms with E-state index in [1.54, 1.807) is 0 Å². The third-order valence-corrected chi connectivity index (χ3v) is 4.96. The average molecular weight is 352 g/mol. The zero-order valence-electron chi connectivity index (χ0n) is 14.9. The lowest BCUT2D eigenvalue weighted by molar-refractivity contribution is 0.0383. The highest BCUT2D eigenvalue weighted by Crippen LogP contribution is 2.30. The number of carbonyl (C=O) groups excluding carboxylic acids is 1. The van der Waals surface area contributed by atoms with E-state index in [1.807, 2.05) is 30.3 Å². The summed E-state index contributed by atoms with van der Waals surface area (Å²) in [7, 11) is 0. The number of ether oxygens (including phenoxy) is 2. The van der Waals surface area contributed by atoms with Crippen LogP contribution in [0.3, 0.4) is 0 Å². The Kier molecular flexibility index (Phi) is 5.18. The van der Waals surface area contributed by atoms with Gasteiger partial charge in [-0.1, -0.05) is 18.2 Å². The van der Waals surface area contributed by atoms with Gasteiger partial charge in [-0.05, 0) is 41.0 Å². The third kappa shape index (κ3) is 3.89. The van der Waals surface area contributed by atoms with E-state index in [0.29, 0.717) is 12.1 Å². The SMILES string of the molecule is O=C(NCCN1CCOCC1)c1cccc(-c2ccc3c(c2)CCO3)c1. The van der Waals surface area contributed by atoms with Crippen LogP contribution in [0.1, 0.15) is 15.9 Å². The second-order valence-corrected chi connectivity index (χ2v) is 6.71. The van der Waals surface area contributed by atoms with Gasteiger partial charge in [0.25, 0.3) is 5.91 Å². The number of carbonyl (C=O) groups is 1. The zero-order valence-corrected chi connectivity index (χ0v) is 14.9. The highest BCUT2D eigenvalue weighted by atomic mass is 16.5. The summed E-state index contributed by atoms with van der Waals surface area (Å²) in [6.45, 7) is 5.70. The fourth-order valence-electron chi connectivity index (χ4n) is 3.46. The van der Waals surface area contributed by atoms with Gasteiger partial charge in [0.1, 0.15) is 5.75 Å². The Bertz CT molecular complexity index is 785. The molecule has 1 amide bonds. The first kappa shape index (κ1) is 17.1. The van der Waals surface area contributed by atoms with Gasteiger partial charge >= 0.3 is 0 Å². The molecule has 2 aromatic rings. The maximum Gasteiger partial charge on any atom is 0.251 e. The van der Waals surface area contributed by atoms with E-state index in [-0.39, 0.29) is 5.91 Å². The fourth-order valence-corrected chi connectivity index (χ4v) is 3.46. The van der Waals surface area contributed by atoms with Crippen molar-refractivity contribution < 1.29 is 14.3 Å². The third-order valence-electron chi connectivity index (χ3n) is 4.96. The van der Waals surface area contributed by atoms with Crippen LogP contribution in [-0.2, 0) is 11.2 Å². The van der Waals surface area contributed by atoms with Gasteiger partial charge in [0.15, 0.2) is 0 Å². The minimum Gasteiger partial charge on any atom is -0.493 e. The van der Waals surface area contributed by atoms with E-state index in [4.69, 9.17) is 9.47 Å². The molecule has 2 heterocycles. The summed E-state index contributed by atoms with van der Waals surface area (Å²) < 4.78 is 10.9. The molecule has 0 unspecified atom stereocenters. The molecule has 2 aliphatic heterocycles. The summed E-state index contributed by atoms with van der Waals surface area (Å²) in [5.74, 6) is 0.954. The Morgan fingerprint density at radius 2 is 1.88 bits per heavy atom. The normalized spacial score (nSPS) is 16.8. The van der Waals surface area contributed by atoms with Crippen molar-refractivity contribution in [3.05, 3.63) is 53.6 Å². The molecular formula is C21H24N2O3. The Morgan fingerprint density at radius 3 is 2.77 bits per heavy atom. The van der Waals surface area contributed by atoms with Crippen molar-refractivity contribution in [2.45, 2.75) is 6.42 Å². The van der Waals surface area contributed by atoms with Crippen molar-refractivity contribution in [2.75, 3.05) is 46.0 Å². The van der Waals surface area contributed by atoms with E-state index in [2.05, 4.69) is 22.3 Å². The number of fused-ring (bicyclic) bond motifs is 1. The molecule has 0 aliphatic carbocycles. The van der Waals surface area contributed by atoms with Gasteiger partial charge in [-0.2, -0.15) is 0 Å². The zero-order chi connectivity index (χ0) is 17.8. The van der Waals surface area contributed by atoms with E-state index < -0.39 is 0 Å². The van der Waals surface area contributed by atoms with Crippen LogP contribution in [0.5, 0.6) is 5.75 Å². The van der Waals surface area contributed by atoms with Crippen molar-refractivity contribution in [2.24, 2.45) is 0 Å². The molecule has 0 atom stereocenters. The maximum absolute atomic E-state index is 12.5. The standard InChI is InChI=1S/C21H24N2O3/c24-21(22-7-8-23-9-12-25-13-10-23)19-3-1-2-16(15-19)17-4-5-20-18(14-17)6-11-26-20/h1-5,14-15H,6-13H2,(H,22,24). The lowest BCUT2D eigenvalue weighted by atomic mass is 10.00. The number of hydrogen-bond donors (Lipinski definition) is 1. The second-order valence-electron chi connectivity index (χ2n) is 6.71. The fraction of sp³-hybridized carbons (Fsp3) is 0.381. The monoisotopic (exact) mass is 352 g/mol. The number of benzene rings is 2. The predicted molar refractivity (Wildman–Crippen MR) is 101 cm³/mol. The van der Waals surface area contributed by atoms with E-state index in [9.17, 15) is 4.79 Å². The van der Waals surface area contributed by atoms with Crippen molar-refractivity contribution >= 4 is 5.91 Å². The Morgan fingerprint density at radius 1 is 1.04 bits per heavy atom. The van der Waals surface area contributed by atoms with E-state index >= 15 is 0 Å². The Hall–Kier alpha value is -2.37. The molecule has 136 valence electrons. The molecule has 1 N–H and O–H groups in total. The van der Waals surface area contributed by atoms with Crippen LogP contribution in [-0.4, -0.2) is 56.8 Å². The summed E-state index contributed by atoms with van der Waals surface area (Å²) in [4.78, 5) is 14.8. The van der Waals surface area contributed by atoms with Crippen molar-refractivity contribution in [3.63, 3.8) is 0 Å². The van der Waals surface area contributed by atoms with Gasteiger partial charge in [-0.15, -0.1) is 0 Å². The molecule has 0 bridgehead atoms. The summed E-state index contributed by atoms with van der Waals surface area (Å²) >= 11 is 0. The minimum absolute atomic E-state index is 0.0235. The number of morpholine rings is 1. The van der Waals surface area contributed by atoms with Crippen LogP contribution in [0, 0.1) is 0 Å². The van der Waals surface area contributed by atoms with E-state index in [0.717, 1.165) is 62.8 Å². The molecule has 5 heteroatoms. The van der Waals surface area contributed by atoms with Gasteiger partial charge in [0, 0.05) is 38.2 Å². The quantitative estimate of drug-likeness (QED) is 0.897. The van der Waals surface area contributed by atoms with Crippen LogP contribution in [0.4, 0.5) is 0 Å². The molecule has 4 rings (SSSR count). The number of hydrogen-bond acceptors (Lipinski definition) is 4. The lowest BCUT2D eigenvalue weighted by Crippen LogP contribution is -2.41. The van der Waals surface area contributed by atoms with Gasteiger partial charge in [-0.25, -0.2) is 0 Å². The van der Waals surface area contributed by atoms with Crippen LogP contribution in [0.15, 0.2) is 42.5 Å². The molecule has 26 heavy (non-hydrogen) atoms. The van der Waals surface area contributed by atoms with Gasteiger partial charge in [0.2, 0.25) is 0 Å². The van der Waals surface area contributed by atoms with Crippen molar-refractivity contribution in [1.29, 1.82) is 0 Å². The van der Waals surface area contributed by atoms with Crippen LogP contribution >= 0.6 is 0 Å². The molecule has 2 aromatic carbocycles. The highest BCUT2D eigenvalue weighted by molar-refractivity contribution is 5.95. The van der Waals surface area contributed by atoms with Crippen LogP contribution in [0.25, 0.3) is 11.1 Å². The van der Waals surface area contributed by atoms with Gasteiger partial charge in [-0.3, -0.25) is 9.69 Å². The van der Waals surface area contributed by atoms with Crippen molar-refractivity contribution in [3.8, 4) is 16.9 Å². The second kappa shape index (κ2) is 7.89. The molecular weight excluding hydrogens is 328 g/mol. The summed E-state index contributed by atoms with van der Waals surface area (Å²) in [6.07, 6.45) is 0.949. The topological polar surface area (TPSA) is 50.8 Å². The molecule has 1 fully saturated rings. The maximum atomic E-state index is 12.5. The predicted octanol–water partition coefficient (Wildman–Crippen LogP) is 2.35. The summed E-state index contributed by atoms with van der Waals surface area (Å²) in [5.41, 5.74) is 4.11. The number of nitrogens with zero attached hydrogens (tertiary/aromatic N) is 1. The first-order valence-corrected chi connectivity index (χ1v) is 9.24. The Labute approximate surface area is 153 Å². The average Bonchev–Trinajstić information content (AvgIpc) is 3.16. The van der Waals surface area contributed by atoms with Gasteiger partial charge in [0.05, 0.1) is 19.8 Å². The molecule has 0 saturated carbocycles. The molecule has 5 nitrogen and oxygen atoms in total. The largest absolute Gasteiger partial charge is 0.493 e.